The lowest BCUT2D eigenvalue weighted by atomic mass is 10.2. The van der Waals surface area contributed by atoms with Crippen LogP contribution in [0.5, 0.6) is 5.75 Å². The van der Waals surface area contributed by atoms with Gasteiger partial charge in [0.2, 0.25) is 5.91 Å². The fraction of sp³-hybridized carbons (Fsp3) is 0.450. The number of para-hydroxylation sites is 1. The van der Waals surface area contributed by atoms with E-state index in [0.29, 0.717) is 32.8 Å². The molecule has 3 rings (SSSR count). The van der Waals surface area contributed by atoms with Crippen LogP contribution >= 0.6 is 0 Å². The first-order chi connectivity index (χ1) is 13.6. The number of aliphatic imine (C=N–C) groups is 1. The Kier molecular flexibility index (Phi) is 6.52. The molecule has 0 atom stereocenters. The van der Waals surface area contributed by atoms with E-state index in [4.69, 9.17) is 4.74 Å². The summed E-state index contributed by atoms with van der Waals surface area (Å²) < 4.78 is 7.52. The lowest BCUT2D eigenvalue weighted by molar-refractivity contribution is -0.120. The van der Waals surface area contributed by atoms with Gasteiger partial charge < -0.3 is 19.9 Å². The van der Waals surface area contributed by atoms with Crippen LogP contribution in [-0.4, -0.2) is 65.9 Å². The molecule has 1 fully saturated rings. The average Bonchev–Trinajstić information content (AvgIpc) is 3.11. The molecule has 0 bridgehead atoms. The van der Waals surface area contributed by atoms with Crippen molar-refractivity contribution in [1.29, 1.82) is 0 Å². The third-order valence-electron chi connectivity index (χ3n) is 4.56. The van der Waals surface area contributed by atoms with E-state index in [0.717, 1.165) is 29.5 Å². The van der Waals surface area contributed by atoms with E-state index in [2.05, 4.69) is 15.4 Å². The number of piperazine rings is 1. The van der Waals surface area contributed by atoms with Crippen molar-refractivity contribution >= 4 is 17.6 Å². The number of nitrogens with one attached hydrogen (secondary N) is 1. The molecular formula is C20H28N6O2. The van der Waals surface area contributed by atoms with Gasteiger partial charge in [0.05, 0.1) is 18.4 Å². The summed E-state index contributed by atoms with van der Waals surface area (Å²) in [6, 6.07) is 7.94. The maximum absolute atomic E-state index is 12.6. The number of guanidine groups is 1. The Labute approximate surface area is 165 Å². The highest BCUT2D eigenvalue weighted by Crippen LogP contribution is 2.17. The van der Waals surface area contributed by atoms with Crippen LogP contribution in [0.25, 0.3) is 0 Å². The number of rotatable bonds is 6. The minimum atomic E-state index is 0.0426. The molecule has 1 aromatic carbocycles. The molecule has 8 nitrogen and oxygen atoms in total. The number of ether oxygens (including phenoxy) is 1. The second kappa shape index (κ2) is 9.25. The van der Waals surface area contributed by atoms with Crippen molar-refractivity contribution in [2.24, 2.45) is 12.0 Å². The van der Waals surface area contributed by atoms with Crippen LogP contribution in [0.1, 0.15) is 12.5 Å². The molecule has 0 radical (unpaired) electrons. The summed E-state index contributed by atoms with van der Waals surface area (Å²) in [4.78, 5) is 21.0. The molecule has 0 aliphatic carbocycles. The maximum atomic E-state index is 12.6. The molecule has 0 spiro atoms. The third kappa shape index (κ3) is 4.82. The predicted octanol–water partition coefficient (Wildman–Crippen LogP) is 1.42. The van der Waals surface area contributed by atoms with Gasteiger partial charge in [-0.05, 0) is 25.5 Å². The Morgan fingerprint density at radius 2 is 2.14 bits per heavy atom. The molecule has 1 amide bonds. The number of nitrogens with zero attached hydrogens (tertiary/aromatic N) is 5. The van der Waals surface area contributed by atoms with E-state index in [1.807, 2.05) is 56.3 Å². The van der Waals surface area contributed by atoms with Gasteiger partial charge in [0.15, 0.2) is 5.96 Å². The minimum Gasteiger partial charge on any atom is -0.491 e. The lowest BCUT2D eigenvalue weighted by Crippen LogP contribution is -2.55. The lowest BCUT2D eigenvalue weighted by Gasteiger charge is -2.35. The Balaban J connectivity index is 1.57. The summed E-state index contributed by atoms with van der Waals surface area (Å²) in [6.45, 7) is 7.41. The number of carbonyl (C=O) groups is 1. The van der Waals surface area contributed by atoms with E-state index >= 15 is 0 Å². The number of amides is 1. The summed E-state index contributed by atoms with van der Waals surface area (Å²) in [7, 11) is 1.85. The van der Waals surface area contributed by atoms with Crippen molar-refractivity contribution < 1.29 is 9.53 Å². The van der Waals surface area contributed by atoms with Crippen LogP contribution in [0.4, 0.5) is 5.69 Å². The largest absolute Gasteiger partial charge is 0.491 e. The first-order valence-electron chi connectivity index (χ1n) is 9.59. The number of aryl methyl sites for hydroxylation is 2. The first kappa shape index (κ1) is 19.7. The van der Waals surface area contributed by atoms with Gasteiger partial charge in [0, 0.05) is 32.9 Å². The molecule has 1 saturated heterocycles. The average molecular weight is 384 g/mol. The normalized spacial score (nSPS) is 15.1. The quantitative estimate of drug-likeness (QED) is 0.463. The van der Waals surface area contributed by atoms with Gasteiger partial charge in [-0.2, -0.15) is 5.10 Å². The molecular weight excluding hydrogens is 356 g/mol. The van der Waals surface area contributed by atoms with Crippen LogP contribution < -0.4 is 15.0 Å². The van der Waals surface area contributed by atoms with Crippen molar-refractivity contribution in [2.75, 3.05) is 44.2 Å². The van der Waals surface area contributed by atoms with Gasteiger partial charge in [0.1, 0.15) is 18.9 Å². The van der Waals surface area contributed by atoms with Crippen LogP contribution in [0.15, 0.2) is 41.7 Å². The van der Waals surface area contributed by atoms with E-state index in [1.54, 1.807) is 15.8 Å². The number of benzene rings is 1. The maximum Gasteiger partial charge on any atom is 0.246 e. The molecule has 1 N–H and O–H groups in total. The summed E-state index contributed by atoms with van der Waals surface area (Å²) in [5, 5.41) is 7.42. The zero-order valence-corrected chi connectivity index (χ0v) is 16.8. The number of carbonyl (C=O) groups excluding carboxylic acids is 1. The zero-order chi connectivity index (χ0) is 19.9. The van der Waals surface area contributed by atoms with Gasteiger partial charge >= 0.3 is 0 Å². The molecule has 0 unspecified atom stereocenters. The highest BCUT2D eigenvalue weighted by atomic mass is 16.5. The summed E-state index contributed by atoms with van der Waals surface area (Å²) >= 11 is 0. The van der Waals surface area contributed by atoms with Gasteiger partial charge in [-0.25, -0.2) is 4.99 Å². The van der Waals surface area contributed by atoms with Crippen molar-refractivity contribution in [1.82, 2.24) is 20.0 Å². The van der Waals surface area contributed by atoms with Crippen molar-refractivity contribution in [3.05, 3.63) is 42.2 Å². The number of hydrogen-bond donors (Lipinski definition) is 1. The predicted molar refractivity (Wildman–Crippen MR) is 110 cm³/mol. The van der Waals surface area contributed by atoms with Gasteiger partial charge in [0.25, 0.3) is 0 Å². The number of anilines is 1. The van der Waals surface area contributed by atoms with Crippen LogP contribution in [0.2, 0.25) is 0 Å². The first-order valence-corrected chi connectivity index (χ1v) is 9.59. The Bertz CT molecular complexity index is 832. The highest BCUT2D eigenvalue weighted by molar-refractivity contribution is 5.98. The molecule has 150 valence electrons. The topological polar surface area (TPSA) is 75.0 Å². The molecule has 28 heavy (non-hydrogen) atoms. The summed E-state index contributed by atoms with van der Waals surface area (Å²) in [6.07, 6.45) is 3.57. The van der Waals surface area contributed by atoms with E-state index in [9.17, 15) is 4.79 Å². The molecule has 2 aromatic rings. The summed E-state index contributed by atoms with van der Waals surface area (Å²) in [5.74, 6) is 1.67. The standard InChI is InChI=1S/C20H28N6O2/c1-4-21-20(22-9-12-28-18-8-6-5-7-16(18)2)25-10-11-26(19(27)15-25)17-13-23-24(3)14-17/h5-8,13-14H,4,9-12,15H2,1-3H3,(H,21,22). The Morgan fingerprint density at radius 3 is 2.82 bits per heavy atom. The minimum absolute atomic E-state index is 0.0426. The van der Waals surface area contributed by atoms with Crippen LogP contribution in [-0.2, 0) is 11.8 Å². The molecule has 1 aliphatic rings. The zero-order valence-electron chi connectivity index (χ0n) is 16.8. The second-order valence-electron chi connectivity index (χ2n) is 6.69. The molecule has 1 aliphatic heterocycles. The monoisotopic (exact) mass is 384 g/mol. The fourth-order valence-corrected chi connectivity index (χ4v) is 3.13. The Morgan fingerprint density at radius 1 is 1.32 bits per heavy atom. The molecule has 8 heteroatoms. The van der Waals surface area contributed by atoms with Gasteiger partial charge in [-0.3, -0.25) is 9.48 Å². The molecule has 1 aromatic heterocycles. The van der Waals surface area contributed by atoms with E-state index in [-0.39, 0.29) is 5.91 Å². The van der Waals surface area contributed by atoms with Gasteiger partial charge in [-0.15, -0.1) is 0 Å². The molecule has 0 saturated carbocycles. The number of hydrogen-bond acceptors (Lipinski definition) is 4. The van der Waals surface area contributed by atoms with E-state index in [1.165, 1.54) is 0 Å². The van der Waals surface area contributed by atoms with Crippen molar-refractivity contribution in [3.63, 3.8) is 0 Å². The third-order valence-corrected chi connectivity index (χ3v) is 4.56. The van der Waals surface area contributed by atoms with E-state index < -0.39 is 0 Å². The SMILES string of the molecule is CCNC(=NCCOc1ccccc1C)N1CCN(c2cnn(C)c2)C(=O)C1. The molecule has 2 heterocycles. The van der Waals surface area contributed by atoms with Crippen LogP contribution in [0.3, 0.4) is 0 Å². The second-order valence-corrected chi connectivity index (χ2v) is 6.69. The van der Waals surface area contributed by atoms with Crippen molar-refractivity contribution in [3.8, 4) is 5.75 Å². The fourth-order valence-electron chi connectivity index (χ4n) is 3.13. The van der Waals surface area contributed by atoms with Gasteiger partial charge in [-0.1, -0.05) is 18.2 Å². The Hall–Kier alpha value is -3.03. The van der Waals surface area contributed by atoms with Crippen LogP contribution in [0, 0.1) is 6.92 Å². The summed E-state index contributed by atoms with van der Waals surface area (Å²) in [5.41, 5.74) is 1.94. The highest BCUT2D eigenvalue weighted by Gasteiger charge is 2.27. The smallest absolute Gasteiger partial charge is 0.246 e. The number of aromatic nitrogens is 2. The van der Waals surface area contributed by atoms with Crippen molar-refractivity contribution in [2.45, 2.75) is 13.8 Å².